The molecule has 160 valence electrons. The molecule has 30 heavy (non-hydrogen) atoms. The third-order valence-electron chi connectivity index (χ3n) is 4.97. The van der Waals surface area contributed by atoms with Crippen molar-refractivity contribution in [2.75, 3.05) is 13.2 Å². The Morgan fingerprint density at radius 1 is 1.03 bits per heavy atom. The first-order valence-electron chi connectivity index (χ1n) is 10.3. The Kier molecular flexibility index (Phi) is 6.06. The molecule has 0 unspecified atom stereocenters. The standard InChI is InChI=1S/C24H30N2O4/c1-7-18-19(8-9-20-21(18)30-11-10-29-20)22(27)25-26(24(4,5)6)23(28)17-13-15(2)12-16(3)14-17/h8-9,12-14H,7,10-11H2,1-6H3,(H,25,27). The van der Waals surface area contributed by atoms with E-state index in [0.29, 0.717) is 42.3 Å². The van der Waals surface area contributed by atoms with Gasteiger partial charge in [0.1, 0.15) is 13.2 Å². The molecule has 2 aromatic carbocycles. The maximum absolute atomic E-state index is 13.3. The van der Waals surface area contributed by atoms with Gasteiger partial charge in [0.2, 0.25) is 0 Å². The van der Waals surface area contributed by atoms with Crippen LogP contribution >= 0.6 is 0 Å². The molecule has 0 aliphatic carbocycles. The molecule has 2 aromatic rings. The van der Waals surface area contributed by atoms with Gasteiger partial charge in [0.15, 0.2) is 11.5 Å². The molecule has 0 saturated heterocycles. The third-order valence-corrected chi connectivity index (χ3v) is 4.97. The third kappa shape index (κ3) is 4.42. The predicted molar refractivity (Wildman–Crippen MR) is 116 cm³/mol. The minimum atomic E-state index is -0.620. The summed E-state index contributed by atoms with van der Waals surface area (Å²) in [7, 11) is 0. The van der Waals surface area contributed by atoms with Crippen LogP contribution in [-0.2, 0) is 6.42 Å². The van der Waals surface area contributed by atoms with Gasteiger partial charge in [0.25, 0.3) is 11.8 Å². The zero-order valence-electron chi connectivity index (χ0n) is 18.6. The zero-order chi connectivity index (χ0) is 22.1. The van der Waals surface area contributed by atoms with Crippen molar-refractivity contribution in [3.05, 3.63) is 58.1 Å². The van der Waals surface area contributed by atoms with Crippen molar-refractivity contribution in [3.8, 4) is 11.5 Å². The van der Waals surface area contributed by atoms with Crippen molar-refractivity contribution in [1.29, 1.82) is 0 Å². The molecule has 6 heteroatoms. The predicted octanol–water partition coefficient (Wildman–Crippen LogP) is 4.22. The number of carbonyl (C=O) groups is 2. The SMILES string of the molecule is CCc1c(C(=O)NN(C(=O)c2cc(C)cc(C)c2)C(C)(C)C)ccc2c1OCCO2. The fourth-order valence-corrected chi connectivity index (χ4v) is 3.65. The van der Waals surface area contributed by atoms with Crippen LogP contribution in [0.5, 0.6) is 11.5 Å². The van der Waals surface area contributed by atoms with Crippen LogP contribution in [0.2, 0.25) is 0 Å². The lowest BCUT2D eigenvalue weighted by Gasteiger charge is -2.36. The van der Waals surface area contributed by atoms with Crippen LogP contribution in [0.3, 0.4) is 0 Å². The number of nitrogens with zero attached hydrogens (tertiary/aromatic N) is 1. The summed E-state index contributed by atoms with van der Waals surface area (Å²) in [5.74, 6) is 0.655. The fraction of sp³-hybridized carbons (Fsp3) is 0.417. The van der Waals surface area contributed by atoms with Gasteiger partial charge in [-0.1, -0.05) is 24.1 Å². The number of carbonyl (C=O) groups excluding carboxylic acids is 2. The van der Waals surface area contributed by atoms with E-state index in [-0.39, 0.29) is 11.8 Å². The largest absolute Gasteiger partial charge is 0.486 e. The quantitative estimate of drug-likeness (QED) is 0.769. The van der Waals surface area contributed by atoms with E-state index >= 15 is 0 Å². The molecule has 1 N–H and O–H groups in total. The maximum Gasteiger partial charge on any atom is 0.272 e. The molecule has 6 nitrogen and oxygen atoms in total. The van der Waals surface area contributed by atoms with Gasteiger partial charge in [0.05, 0.1) is 5.54 Å². The second-order valence-corrected chi connectivity index (χ2v) is 8.60. The Balaban J connectivity index is 1.94. The number of nitrogens with one attached hydrogen (secondary N) is 1. The van der Waals surface area contributed by atoms with Gasteiger partial charge in [-0.05, 0) is 65.3 Å². The number of hydrazine groups is 1. The maximum atomic E-state index is 13.3. The highest BCUT2D eigenvalue weighted by molar-refractivity contribution is 6.00. The summed E-state index contributed by atoms with van der Waals surface area (Å²) in [5.41, 5.74) is 6.01. The number of fused-ring (bicyclic) bond motifs is 1. The molecule has 0 aromatic heterocycles. The van der Waals surface area contributed by atoms with Crippen LogP contribution < -0.4 is 14.9 Å². The number of hydrogen-bond donors (Lipinski definition) is 1. The molecule has 1 aliphatic heterocycles. The summed E-state index contributed by atoms with van der Waals surface area (Å²) in [5, 5.41) is 1.40. The molecular formula is C24H30N2O4. The van der Waals surface area contributed by atoms with E-state index in [1.54, 1.807) is 12.1 Å². The Morgan fingerprint density at radius 3 is 2.27 bits per heavy atom. The molecule has 1 heterocycles. The Labute approximate surface area is 178 Å². The number of benzene rings is 2. The molecule has 0 spiro atoms. The molecule has 1 aliphatic rings. The molecule has 3 rings (SSSR count). The highest BCUT2D eigenvalue weighted by atomic mass is 16.6. The summed E-state index contributed by atoms with van der Waals surface area (Å²) in [4.78, 5) is 26.6. The van der Waals surface area contributed by atoms with Gasteiger partial charge in [-0.3, -0.25) is 15.0 Å². The molecular weight excluding hydrogens is 380 g/mol. The number of hydrogen-bond acceptors (Lipinski definition) is 4. The monoisotopic (exact) mass is 410 g/mol. The van der Waals surface area contributed by atoms with Gasteiger partial charge in [-0.2, -0.15) is 0 Å². The lowest BCUT2D eigenvalue weighted by molar-refractivity contribution is 0.0358. The van der Waals surface area contributed by atoms with Gasteiger partial charge in [-0.25, -0.2) is 5.01 Å². The minimum Gasteiger partial charge on any atom is -0.486 e. The average Bonchev–Trinajstić information content (AvgIpc) is 2.68. The van der Waals surface area contributed by atoms with Crippen molar-refractivity contribution in [1.82, 2.24) is 10.4 Å². The van der Waals surface area contributed by atoms with Crippen molar-refractivity contribution in [3.63, 3.8) is 0 Å². The van der Waals surface area contributed by atoms with Gasteiger partial charge in [0, 0.05) is 16.7 Å². The van der Waals surface area contributed by atoms with E-state index in [9.17, 15) is 9.59 Å². The topological polar surface area (TPSA) is 67.9 Å². The van der Waals surface area contributed by atoms with Crippen molar-refractivity contribution < 1.29 is 19.1 Å². The normalized spacial score (nSPS) is 13.0. The molecule has 0 bridgehead atoms. The molecule has 2 amide bonds. The average molecular weight is 411 g/mol. The first kappa shape index (κ1) is 21.7. The van der Waals surface area contributed by atoms with Gasteiger partial charge >= 0.3 is 0 Å². The van der Waals surface area contributed by atoms with Crippen molar-refractivity contribution >= 4 is 11.8 Å². The second-order valence-electron chi connectivity index (χ2n) is 8.60. The van der Waals surface area contributed by atoms with Crippen LogP contribution in [0, 0.1) is 13.8 Å². The van der Waals surface area contributed by atoms with Gasteiger partial charge in [-0.15, -0.1) is 0 Å². The van der Waals surface area contributed by atoms with E-state index < -0.39 is 5.54 Å². The number of ether oxygens (including phenoxy) is 2. The van der Waals surface area contributed by atoms with Crippen molar-refractivity contribution in [2.24, 2.45) is 0 Å². The first-order chi connectivity index (χ1) is 14.1. The van der Waals surface area contributed by atoms with Crippen LogP contribution in [-0.4, -0.2) is 35.6 Å². The lowest BCUT2D eigenvalue weighted by Crippen LogP contribution is -2.56. The fourth-order valence-electron chi connectivity index (χ4n) is 3.65. The molecule has 0 radical (unpaired) electrons. The molecule has 0 atom stereocenters. The van der Waals surface area contributed by atoms with E-state index in [0.717, 1.165) is 16.7 Å². The summed E-state index contributed by atoms with van der Waals surface area (Å²) in [6, 6.07) is 9.16. The van der Waals surface area contributed by atoms with E-state index in [4.69, 9.17) is 9.47 Å². The van der Waals surface area contributed by atoms with E-state index in [2.05, 4.69) is 5.43 Å². The number of rotatable bonds is 3. The summed E-state index contributed by atoms with van der Waals surface area (Å²) in [6.45, 7) is 12.5. The number of amides is 2. The Morgan fingerprint density at radius 2 is 1.67 bits per heavy atom. The molecule has 0 fully saturated rings. The number of aryl methyl sites for hydroxylation is 2. The van der Waals surface area contributed by atoms with Crippen LogP contribution in [0.4, 0.5) is 0 Å². The van der Waals surface area contributed by atoms with Gasteiger partial charge < -0.3 is 9.47 Å². The summed E-state index contributed by atoms with van der Waals surface area (Å²) < 4.78 is 11.4. The molecule has 0 saturated carbocycles. The summed E-state index contributed by atoms with van der Waals surface area (Å²) in [6.07, 6.45) is 0.607. The van der Waals surface area contributed by atoms with Crippen molar-refractivity contribution in [2.45, 2.75) is 53.5 Å². The van der Waals surface area contributed by atoms with Crippen LogP contribution in [0.15, 0.2) is 30.3 Å². The Hall–Kier alpha value is -3.02. The first-order valence-corrected chi connectivity index (χ1v) is 10.3. The van der Waals surface area contributed by atoms with Crippen LogP contribution in [0.25, 0.3) is 0 Å². The van der Waals surface area contributed by atoms with Crippen LogP contribution in [0.1, 0.15) is 65.1 Å². The minimum absolute atomic E-state index is 0.252. The smallest absolute Gasteiger partial charge is 0.272 e. The second kappa shape index (κ2) is 8.38. The summed E-state index contributed by atoms with van der Waals surface area (Å²) >= 11 is 0. The van der Waals surface area contributed by atoms with E-state index in [1.807, 2.05) is 59.7 Å². The lowest BCUT2D eigenvalue weighted by atomic mass is 10.0. The van der Waals surface area contributed by atoms with E-state index in [1.165, 1.54) is 5.01 Å². The highest BCUT2D eigenvalue weighted by Crippen LogP contribution is 2.36. The highest BCUT2D eigenvalue weighted by Gasteiger charge is 2.31. The zero-order valence-corrected chi connectivity index (χ0v) is 18.6. The Bertz CT molecular complexity index is 956.